The van der Waals surface area contributed by atoms with Gasteiger partial charge >= 0.3 is 0 Å². The van der Waals surface area contributed by atoms with Crippen molar-refractivity contribution >= 4 is 0 Å². The van der Waals surface area contributed by atoms with Gasteiger partial charge in [-0.15, -0.1) is 0 Å². The van der Waals surface area contributed by atoms with Crippen molar-refractivity contribution in [2.75, 3.05) is 7.11 Å². The predicted octanol–water partition coefficient (Wildman–Crippen LogP) is 3.81. The SMILES string of the molecule is CCc1ccc(C2C[C@H](O)c3ccc(OC)cc3O2)cc1. The molecule has 1 heterocycles. The maximum Gasteiger partial charge on any atom is 0.129 e. The predicted molar refractivity (Wildman–Crippen MR) is 81.8 cm³/mol. The van der Waals surface area contributed by atoms with Crippen LogP contribution in [-0.4, -0.2) is 12.2 Å². The number of ether oxygens (including phenoxy) is 2. The van der Waals surface area contributed by atoms with E-state index in [0.717, 1.165) is 23.3 Å². The van der Waals surface area contributed by atoms with E-state index in [4.69, 9.17) is 9.47 Å². The third-order valence-electron chi connectivity index (χ3n) is 4.05. The Hall–Kier alpha value is -2.00. The summed E-state index contributed by atoms with van der Waals surface area (Å²) in [6.45, 7) is 2.14. The minimum Gasteiger partial charge on any atom is -0.497 e. The molecule has 0 spiro atoms. The summed E-state index contributed by atoms with van der Waals surface area (Å²) in [5.74, 6) is 1.44. The van der Waals surface area contributed by atoms with E-state index in [0.29, 0.717) is 12.2 Å². The smallest absolute Gasteiger partial charge is 0.129 e. The Morgan fingerprint density at radius 3 is 2.62 bits per heavy atom. The summed E-state index contributed by atoms with van der Waals surface area (Å²) in [5, 5.41) is 10.3. The van der Waals surface area contributed by atoms with Crippen molar-refractivity contribution in [3.05, 3.63) is 59.2 Å². The van der Waals surface area contributed by atoms with Gasteiger partial charge < -0.3 is 14.6 Å². The van der Waals surface area contributed by atoms with E-state index in [1.54, 1.807) is 7.11 Å². The van der Waals surface area contributed by atoms with Gasteiger partial charge in [0, 0.05) is 18.1 Å². The Morgan fingerprint density at radius 1 is 1.19 bits per heavy atom. The standard InChI is InChI=1S/C18H20O3/c1-3-12-4-6-13(7-5-12)17-11-16(19)15-9-8-14(20-2)10-18(15)21-17/h4-10,16-17,19H,3,11H2,1-2H3/t16-,17?/m0/s1. The molecule has 2 aromatic rings. The van der Waals surface area contributed by atoms with Crippen LogP contribution in [0.5, 0.6) is 11.5 Å². The van der Waals surface area contributed by atoms with Crippen LogP contribution in [-0.2, 0) is 6.42 Å². The summed E-state index contributed by atoms with van der Waals surface area (Å²) >= 11 is 0. The Bertz CT molecular complexity index is 619. The second-order valence-electron chi connectivity index (χ2n) is 5.36. The van der Waals surface area contributed by atoms with E-state index in [1.165, 1.54) is 5.56 Å². The quantitative estimate of drug-likeness (QED) is 0.931. The van der Waals surface area contributed by atoms with Crippen LogP contribution in [0.3, 0.4) is 0 Å². The van der Waals surface area contributed by atoms with E-state index >= 15 is 0 Å². The van der Waals surface area contributed by atoms with Crippen LogP contribution in [0.2, 0.25) is 0 Å². The molecule has 1 N–H and O–H groups in total. The van der Waals surface area contributed by atoms with Gasteiger partial charge in [-0.05, 0) is 29.7 Å². The number of methoxy groups -OCH3 is 1. The fourth-order valence-corrected chi connectivity index (χ4v) is 2.72. The molecule has 3 heteroatoms. The van der Waals surface area contributed by atoms with Crippen molar-refractivity contribution < 1.29 is 14.6 Å². The molecule has 2 atom stereocenters. The minimum absolute atomic E-state index is 0.120. The molecule has 0 saturated carbocycles. The lowest BCUT2D eigenvalue weighted by Crippen LogP contribution is -2.19. The van der Waals surface area contributed by atoms with Gasteiger partial charge in [0.2, 0.25) is 0 Å². The van der Waals surface area contributed by atoms with E-state index in [9.17, 15) is 5.11 Å². The van der Waals surface area contributed by atoms with Crippen molar-refractivity contribution in [2.45, 2.75) is 32.0 Å². The fraction of sp³-hybridized carbons (Fsp3) is 0.333. The van der Waals surface area contributed by atoms with Crippen LogP contribution in [0.4, 0.5) is 0 Å². The van der Waals surface area contributed by atoms with Gasteiger partial charge in [0.1, 0.15) is 17.6 Å². The van der Waals surface area contributed by atoms with E-state index in [2.05, 4.69) is 31.2 Å². The van der Waals surface area contributed by atoms with Crippen LogP contribution in [0.15, 0.2) is 42.5 Å². The summed E-state index contributed by atoms with van der Waals surface area (Å²) in [4.78, 5) is 0. The largest absolute Gasteiger partial charge is 0.497 e. The summed E-state index contributed by atoms with van der Waals surface area (Å²) < 4.78 is 11.3. The van der Waals surface area contributed by atoms with Crippen molar-refractivity contribution in [3.63, 3.8) is 0 Å². The summed E-state index contributed by atoms with van der Waals surface area (Å²) in [6.07, 6.45) is 0.972. The topological polar surface area (TPSA) is 38.7 Å². The summed E-state index contributed by atoms with van der Waals surface area (Å²) in [7, 11) is 1.63. The third-order valence-corrected chi connectivity index (χ3v) is 4.05. The number of hydrogen-bond acceptors (Lipinski definition) is 3. The molecule has 3 nitrogen and oxygen atoms in total. The average Bonchev–Trinajstić information content (AvgIpc) is 2.54. The molecule has 0 aromatic heterocycles. The van der Waals surface area contributed by atoms with Crippen LogP contribution in [0.25, 0.3) is 0 Å². The number of fused-ring (bicyclic) bond motifs is 1. The molecule has 0 bridgehead atoms. The molecule has 1 aliphatic heterocycles. The normalized spacial score (nSPS) is 20.5. The lowest BCUT2D eigenvalue weighted by molar-refractivity contribution is 0.0655. The van der Waals surface area contributed by atoms with Gasteiger partial charge in [-0.25, -0.2) is 0 Å². The molecule has 0 fully saturated rings. The molecule has 0 amide bonds. The zero-order chi connectivity index (χ0) is 14.8. The molecule has 21 heavy (non-hydrogen) atoms. The average molecular weight is 284 g/mol. The van der Waals surface area contributed by atoms with Crippen LogP contribution < -0.4 is 9.47 Å². The monoisotopic (exact) mass is 284 g/mol. The summed E-state index contributed by atoms with van der Waals surface area (Å²) in [5.41, 5.74) is 3.23. The Morgan fingerprint density at radius 2 is 1.95 bits per heavy atom. The van der Waals surface area contributed by atoms with Gasteiger partial charge in [0.25, 0.3) is 0 Å². The lowest BCUT2D eigenvalue weighted by atomic mass is 9.94. The second-order valence-corrected chi connectivity index (χ2v) is 5.36. The van der Waals surface area contributed by atoms with Crippen molar-refractivity contribution in [1.82, 2.24) is 0 Å². The Balaban J connectivity index is 1.89. The molecule has 1 unspecified atom stereocenters. The first-order valence-electron chi connectivity index (χ1n) is 7.32. The van der Waals surface area contributed by atoms with Gasteiger partial charge in [0.15, 0.2) is 0 Å². The lowest BCUT2D eigenvalue weighted by Gasteiger charge is -2.30. The zero-order valence-electron chi connectivity index (χ0n) is 12.4. The molecule has 0 radical (unpaired) electrons. The first-order chi connectivity index (χ1) is 10.2. The molecule has 0 aliphatic carbocycles. The number of benzene rings is 2. The van der Waals surface area contributed by atoms with Crippen molar-refractivity contribution in [2.24, 2.45) is 0 Å². The molecule has 1 aliphatic rings. The van der Waals surface area contributed by atoms with Gasteiger partial charge in [-0.2, -0.15) is 0 Å². The third kappa shape index (κ3) is 2.74. The molecular formula is C18H20O3. The first-order valence-corrected chi connectivity index (χ1v) is 7.32. The van der Waals surface area contributed by atoms with Crippen LogP contribution >= 0.6 is 0 Å². The summed E-state index contributed by atoms with van der Waals surface area (Å²) in [6, 6.07) is 14.0. The highest BCUT2D eigenvalue weighted by Crippen LogP contribution is 2.42. The Kier molecular flexibility index (Phi) is 3.84. The molecule has 110 valence electrons. The maximum atomic E-state index is 10.3. The van der Waals surface area contributed by atoms with Crippen molar-refractivity contribution in [3.8, 4) is 11.5 Å². The first kappa shape index (κ1) is 14.0. The van der Waals surface area contributed by atoms with Gasteiger partial charge in [0.05, 0.1) is 13.2 Å². The number of aryl methyl sites for hydroxylation is 1. The number of aliphatic hydroxyl groups excluding tert-OH is 1. The molecule has 3 rings (SSSR count). The fourth-order valence-electron chi connectivity index (χ4n) is 2.72. The zero-order valence-corrected chi connectivity index (χ0v) is 12.4. The van der Waals surface area contributed by atoms with Crippen LogP contribution in [0.1, 0.15) is 42.2 Å². The molecular weight excluding hydrogens is 264 g/mol. The number of rotatable bonds is 3. The minimum atomic E-state index is -0.504. The highest BCUT2D eigenvalue weighted by molar-refractivity contribution is 5.44. The van der Waals surface area contributed by atoms with E-state index in [1.807, 2.05) is 18.2 Å². The maximum absolute atomic E-state index is 10.3. The molecule has 0 saturated heterocycles. The number of aliphatic hydroxyl groups is 1. The van der Waals surface area contributed by atoms with Gasteiger partial charge in [-0.1, -0.05) is 31.2 Å². The highest BCUT2D eigenvalue weighted by atomic mass is 16.5. The highest BCUT2D eigenvalue weighted by Gasteiger charge is 2.28. The van der Waals surface area contributed by atoms with Crippen molar-refractivity contribution in [1.29, 1.82) is 0 Å². The van der Waals surface area contributed by atoms with E-state index in [-0.39, 0.29) is 6.10 Å². The number of hydrogen-bond donors (Lipinski definition) is 1. The Labute approximate surface area is 125 Å². The van der Waals surface area contributed by atoms with Crippen LogP contribution in [0, 0.1) is 0 Å². The molecule has 2 aromatic carbocycles. The second kappa shape index (κ2) is 5.78. The van der Waals surface area contributed by atoms with E-state index < -0.39 is 6.10 Å². The van der Waals surface area contributed by atoms with Gasteiger partial charge in [-0.3, -0.25) is 0 Å².